The smallest absolute Gasteiger partial charge is 0.263 e. The number of hydrogen-bond acceptors (Lipinski definition) is 6. The third kappa shape index (κ3) is 2.13. The first-order chi connectivity index (χ1) is 10.3. The van der Waals surface area contributed by atoms with E-state index in [0.717, 1.165) is 30.0 Å². The molecule has 1 aliphatic heterocycles. The van der Waals surface area contributed by atoms with E-state index in [0.29, 0.717) is 12.3 Å². The fourth-order valence-electron chi connectivity index (χ4n) is 2.70. The van der Waals surface area contributed by atoms with E-state index in [4.69, 9.17) is 4.52 Å². The van der Waals surface area contributed by atoms with Gasteiger partial charge in [-0.05, 0) is 23.6 Å². The summed E-state index contributed by atoms with van der Waals surface area (Å²) in [5.74, 6) is 0.761. The number of nitrogens with one attached hydrogen (secondary N) is 2. The number of nitrogens with zero attached hydrogens (tertiary/aromatic N) is 3. The van der Waals surface area contributed by atoms with Gasteiger partial charge in [-0.25, -0.2) is 4.98 Å². The van der Waals surface area contributed by atoms with Gasteiger partial charge in [-0.1, -0.05) is 23.4 Å². The lowest BCUT2D eigenvalue weighted by Crippen LogP contribution is -2.03. The van der Waals surface area contributed by atoms with Gasteiger partial charge in [0.15, 0.2) is 0 Å². The van der Waals surface area contributed by atoms with Gasteiger partial charge in [-0.3, -0.25) is 0 Å². The molecule has 1 aromatic carbocycles. The second-order valence-corrected chi connectivity index (χ2v) is 5.23. The van der Waals surface area contributed by atoms with E-state index in [1.165, 1.54) is 23.0 Å². The number of anilines is 1. The molecule has 0 bridgehead atoms. The van der Waals surface area contributed by atoms with Gasteiger partial charge in [0.1, 0.15) is 17.5 Å². The Hall–Kier alpha value is -2.47. The maximum atomic E-state index is 5.15. The molecule has 6 heteroatoms. The zero-order valence-electron chi connectivity index (χ0n) is 11.7. The quantitative estimate of drug-likeness (QED) is 0.766. The summed E-state index contributed by atoms with van der Waals surface area (Å²) in [6.45, 7) is 4.52. The number of fused-ring (bicyclic) bond motifs is 2. The molecular weight excluding hydrogens is 266 g/mol. The summed E-state index contributed by atoms with van der Waals surface area (Å²) < 4.78 is 5.15. The molecule has 0 amide bonds. The molecule has 0 spiro atoms. The average Bonchev–Trinajstić information content (AvgIpc) is 3.12. The normalized spacial score (nSPS) is 13.6. The molecular formula is C15H15N5O. The molecule has 0 saturated heterocycles. The minimum atomic E-state index is 0.517. The largest absolute Gasteiger partial charge is 0.365 e. The van der Waals surface area contributed by atoms with Crippen LogP contribution >= 0.6 is 0 Å². The molecule has 21 heavy (non-hydrogen) atoms. The van der Waals surface area contributed by atoms with Crippen LogP contribution in [0.3, 0.4) is 0 Å². The van der Waals surface area contributed by atoms with Crippen LogP contribution in [0, 0.1) is 6.92 Å². The lowest BCUT2D eigenvalue weighted by atomic mass is 10.1. The van der Waals surface area contributed by atoms with Crippen LogP contribution in [0.2, 0.25) is 0 Å². The van der Waals surface area contributed by atoms with Crippen LogP contribution in [0.1, 0.15) is 22.4 Å². The van der Waals surface area contributed by atoms with Crippen LogP contribution in [0.5, 0.6) is 0 Å². The molecule has 0 saturated carbocycles. The SMILES string of the molecule is Cc1noc2ncnc(NCc3ccc4c(c3)CNC4)c12. The van der Waals surface area contributed by atoms with Crippen LogP contribution < -0.4 is 10.6 Å². The summed E-state index contributed by atoms with van der Waals surface area (Å²) in [5, 5.41) is 11.5. The van der Waals surface area contributed by atoms with Crippen molar-refractivity contribution >= 4 is 16.9 Å². The van der Waals surface area contributed by atoms with Crippen molar-refractivity contribution in [2.75, 3.05) is 5.32 Å². The second-order valence-electron chi connectivity index (χ2n) is 5.23. The summed E-state index contributed by atoms with van der Waals surface area (Å²) in [4.78, 5) is 8.37. The molecule has 2 N–H and O–H groups in total. The van der Waals surface area contributed by atoms with E-state index < -0.39 is 0 Å². The third-order valence-corrected chi connectivity index (χ3v) is 3.80. The molecule has 0 atom stereocenters. The molecule has 3 aromatic rings. The van der Waals surface area contributed by atoms with Crippen LogP contribution in [0.4, 0.5) is 5.82 Å². The molecule has 0 aliphatic carbocycles. The standard InChI is InChI=1S/C15H15N5O/c1-9-13-14(18-8-19-15(13)21-20-9)17-5-10-2-3-11-6-16-7-12(11)4-10/h2-4,8,16H,5-7H2,1H3,(H,17,18,19). The summed E-state index contributed by atoms with van der Waals surface area (Å²) in [5.41, 5.74) is 5.31. The zero-order valence-corrected chi connectivity index (χ0v) is 11.7. The number of hydrogen-bond donors (Lipinski definition) is 2. The van der Waals surface area contributed by atoms with E-state index in [1.807, 2.05) is 6.92 Å². The minimum Gasteiger partial charge on any atom is -0.365 e. The van der Waals surface area contributed by atoms with Gasteiger partial charge in [-0.15, -0.1) is 0 Å². The van der Waals surface area contributed by atoms with E-state index in [9.17, 15) is 0 Å². The predicted molar refractivity (Wildman–Crippen MR) is 78.6 cm³/mol. The highest BCUT2D eigenvalue weighted by Crippen LogP contribution is 2.23. The predicted octanol–water partition coefficient (Wildman–Crippen LogP) is 2.14. The Kier molecular flexibility index (Phi) is 2.82. The minimum absolute atomic E-state index is 0.517. The molecule has 0 unspecified atom stereocenters. The Balaban J connectivity index is 1.60. The number of aryl methyl sites for hydroxylation is 1. The maximum Gasteiger partial charge on any atom is 0.263 e. The average molecular weight is 281 g/mol. The van der Waals surface area contributed by atoms with E-state index in [2.05, 4.69) is 44.0 Å². The first-order valence-electron chi connectivity index (χ1n) is 6.93. The Morgan fingerprint density at radius 3 is 3.10 bits per heavy atom. The van der Waals surface area contributed by atoms with Crippen molar-refractivity contribution in [2.45, 2.75) is 26.6 Å². The zero-order chi connectivity index (χ0) is 14.2. The topological polar surface area (TPSA) is 75.9 Å². The molecule has 3 heterocycles. The lowest BCUT2D eigenvalue weighted by Gasteiger charge is -2.08. The number of aromatic nitrogens is 3. The van der Waals surface area contributed by atoms with Gasteiger partial charge in [-0.2, -0.15) is 4.98 Å². The Morgan fingerprint density at radius 1 is 1.24 bits per heavy atom. The summed E-state index contributed by atoms with van der Waals surface area (Å²) >= 11 is 0. The first-order valence-corrected chi connectivity index (χ1v) is 6.93. The fourth-order valence-corrected chi connectivity index (χ4v) is 2.70. The van der Waals surface area contributed by atoms with Crippen LogP contribution in [-0.4, -0.2) is 15.1 Å². The summed E-state index contributed by atoms with van der Waals surface area (Å²) in [6.07, 6.45) is 1.49. The van der Waals surface area contributed by atoms with Gasteiger partial charge in [0.25, 0.3) is 5.71 Å². The molecule has 0 radical (unpaired) electrons. The van der Waals surface area contributed by atoms with E-state index >= 15 is 0 Å². The monoisotopic (exact) mass is 281 g/mol. The summed E-state index contributed by atoms with van der Waals surface area (Å²) in [7, 11) is 0. The second kappa shape index (κ2) is 4.82. The van der Waals surface area contributed by atoms with Crippen LogP contribution in [0.25, 0.3) is 11.1 Å². The van der Waals surface area contributed by atoms with Crippen molar-refractivity contribution in [1.82, 2.24) is 20.4 Å². The van der Waals surface area contributed by atoms with Gasteiger partial charge >= 0.3 is 0 Å². The first kappa shape index (κ1) is 12.3. The van der Waals surface area contributed by atoms with Crippen LogP contribution in [-0.2, 0) is 19.6 Å². The highest BCUT2D eigenvalue weighted by molar-refractivity contribution is 5.87. The van der Waals surface area contributed by atoms with Crippen molar-refractivity contribution in [3.05, 3.63) is 46.9 Å². The summed E-state index contributed by atoms with van der Waals surface area (Å²) in [6, 6.07) is 6.57. The van der Waals surface area contributed by atoms with Gasteiger partial charge in [0.2, 0.25) is 0 Å². The Labute approximate surface area is 121 Å². The number of benzene rings is 1. The van der Waals surface area contributed by atoms with Gasteiger partial charge in [0, 0.05) is 19.6 Å². The highest BCUT2D eigenvalue weighted by Gasteiger charge is 2.13. The molecule has 4 rings (SSSR count). The van der Waals surface area contributed by atoms with E-state index in [1.54, 1.807) is 0 Å². The highest BCUT2D eigenvalue weighted by atomic mass is 16.5. The van der Waals surface area contributed by atoms with Crippen molar-refractivity contribution in [3.63, 3.8) is 0 Å². The van der Waals surface area contributed by atoms with Crippen molar-refractivity contribution in [1.29, 1.82) is 0 Å². The Morgan fingerprint density at radius 2 is 2.14 bits per heavy atom. The van der Waals surface area contributed by atoms with Crippen molar-refractivity contribution in [2.24, 2.45) is 0 Å². The van der Waals surface area contributed by atoms with Gasteiger partial charge < -0.3 is 15.2 Å². The molecule has 2 aromatic heterocycles. The third-order valence-electron chi connectivity index (χ3n) is 3.80. The molecule has 0 fully saturated rings. The number of rotatable bonds is 3. The van der Waals surface area contributed by atoms with Crippen molar-refractivity contribution < 1.29 is 4.52 Å². The Bertz CT molecular complexity index is 811. The molecule has 106 valence electrons. The van der Waals surface area contributed by atoms with Crippen molar-refractivity contribution in [3.8, 4) is 0 Å². The van der Waals surface area contributed by atoms with Crippen LogP contribution in [0.15, 0.2) is 29.0 Å². The lowest BCUT2D eigenvalue weighted by molar-refractivity contribution is 0.442. The maximum absolute atomic E-state index is 5.15. The fraction of sp³-hybridized carbons (Fsp3) is 0.267. The molecule has 1 aliphatic rings. The molecule has 6 nitrogen and oxygen atoms in total. The van der Waals surface area contributed by atoms with E-state index in [-0.39, 0.29) is 0 Å². The van der Waals surface area contributed by atoms with Gasteiger partial charge in [0.05, 0.1) is 5.69 Å².